The molecule has 0 unspecified atom stereocenters. The third kappa shape index (κ3) is 4.34. The minimum Gasteiger partial charge on any atom is -0.271 e. The van der Waals surface area contributed by atoms with Crippen LogP contribution < -0.4 is 0 Å². The number of aromatic nitrogens is 4. The lowest BCUT2D eigenvalue weighted by atomic mass is 10.1. The molecular formula is C20H27N5O2S. The van der Waals surface area contributed by atoms with Crippen molar-refractivity contribution in [1.29, 1.82) is 0 Å². The molecule has 0 saturated heterocycles. The van der Waals surface area contributed by atoms with Crippen molar-refractivity contribution in [2.75, 3.05) is 6.54 Å². The molecule has 28 heavy (non-hydrogen) atoms. The summed E-state index contributed by atoms with van der Waals surface area (Å²) in [6.45, 7) is 7.66. The van der Waals surface area contributed by atoms with Crippen molar-refractivity contribution >= 4 is 10.0 Å². The van der Waals surface area contributed by atoms with Crippen molar-refractivity contribution in [3.05, 3.63) is 65.7 Å². The molecule has 0 aliphatic rings. The predicted molar refractivity (Wildman–Crippen MR) is 108 cm³/mol. The molecule has 1 aromatic carbocycles. The van der Waals surface area contributed by atoms with E-state index < -0.39 is 10.0 Å². The number of rotatable bonds is 9. The van der Waals surface area contributed by atoms with Crippen LogP contribution in [0.2, 0.25) is 0 Å². The maximum atomic E-state index is 13.5. The Labute approximate surface area is 166 Å². The van der Waals surface area contributed by atoms with Crippen LogP contribution in [-0.2, 0) is 36.1 Å². The molecule has 0 spiro atoms. The van der Waals surface area contributed by atoms with Gasteiger partial charge in [-0.05, 0) is 38.8 Å². The van der Waals surface area contributed by atoms with Gasteiger partial charge in [-0.1, -0.05) is 30.3 Å². The van der Waals surface area contributed by atoms with Gasteiger partial charge in [0.05, 0.1) is 17.9 Å². The molecule has 0 atom stereocenters. The molecule has 3 aromatic rings. The molecule has 0 radical (unpaired) electrons. The Bertz CT molecular complexity index is 1010. The summed E-state index contributed by atoms with van der Waals surface area (Å²) < 4.78 is 32.0. The fraction of sp³-hybridized carbons (Fsp3) is 0.400. The SMILES string of the molecule is CCn1cc(S(=O)(=O)N(CCc2ccccc2)Cc2ccnn2CC)c(C)n1. The van der Waals surface area contributed by atoms with E-state index >= 15 is 0 Å². The number of nitrogens with zero attached hydrogens (tertiary/aromatic N) is 5. The molecule has 0 aliphatic heterocycles. The Balaban J connectivity index is 1.92. The Morgan fingerprint density at radius 2 is 1.82 bits per heavy atom. The Kier molecular flexibility index (Phi) is 6.31. The van der Waals surface area contributed by atoms with Crippen LogP contribution in [0.3, 0.4) is 0 Å². The first kappa shape index (κ1) is 20.3. The van der Waals surface area contributed by atoms with Crippen molar-refractivity contribution in [3.8, 4) is 0 Å². The lowest BCUT2D eigenvalue weighted by Crippen LogP contribution is -2.33. The molecule has 8 heteroatoms. The number of hydrogen-bond donors (Lipinski definition) is 0. The molecule has 7 nitrogen and oxygen atoms in total. The topological polar surface area (TPSA) is 73.0 Å². The Morgan fingerprint density at radius 1 is 1.07 bits per heavy atom. The van der Waals surface area contributed by atoms with E-state index in [1.165, 1.54) is 4.31 Å². The summed E-state index contributed by atoms with van der Waals surface area (Å²) in [6, 6.07) is 11.8. The van der Waals surface area contributed by atoms with Crippen LogP contribution in [0.15, 0.2) is 53.7 Å². The van der Waals surface area contributed by atoms with Gasteiger partial charge in [0.2, 0.25) is 10.0 Å². The van der Waals surface area contributed by atoms with Crippen LogP contribution in [0.4, 0.5) is 0 Å². The number of hydrogen-bond acceptors (Lipinski definition) is 4. The van der Waals surface area contributed by atoms with Crippen molar-refractivity contribution in [3.63, 3.8) is 0 Å². The van der Waals surface area contributed by atoms with E-state index in [0.29, 0.717) is 31.7 Å². The molecule has 0 amide bonds. The summed E-state index contributed by atoms with van der Waals surface area (Å²) in [5, 5.41) is 8.59. The van der Waals surface area contributed by atoms with Crippen LogP contribution in [0.25, 0.3) is 0 Å². The normalized spacial score (nSPS) is 12.0. The van der Waals surface area contributed by atoms with Gasteiger partial charge in [-0.15, -0.1) is 0 Å². The molecule has 2 heterocycles. The zero-order valence-corrected chi connectivity index (χ0v) is 17.4. The first-order valence-corrected chi connectivity index (χ1v) is 11.0. The average molecular weight is 402 g/mol. The van der Waals surface area contributed by atoms with Gasteiger partial charge in [-0.3, -0.25) is 9.36 Å². The summed E-state index contributed by atoms with van der Waals surface area (Å²) >= 11 is 0. The van der Waals surface area contributed by atoms with Gasteiger partial charge < -0.3 is 0 Å². The predicted octanol–water partition coefficient (Wildman–Crippen LogP) is 2.86. The maximum Gasteiger partial charge on any atom is 0.246 e. The average Bonchev–Trinajstić information content (AvgIpc) is 3.31. The molecule has 150 valence electrons. The van der Waals surface area contributed by atoms with E-state index in [0.717, 1.165) is 11.3 Å². The molecule has 2 aromatic heterocycles. The van der Waals surface area contributed by atoms with Crippen molar-refractivity contribution < 1.29 is 8.42 Å². The number of sulfonamides is 1. The number of benzene rings is 1. The highest BCUT2D eigenvalue weighted by Crippen LogP contribution is 2.22. The van der Waals surface area contributed by atoms with Gasteiger partial charge in [-0.2, -0.15) is 14.5 Å². The highest BCUT2D eigenvalue weighted by molar-refractivity contribution is 7.89. The Morgan fingerprint density at radius 3 is 2.46 bits per heavy atom. The quantitative estimate of drug-likeness (QED) is 0.553. The minimum atomic E-state index is -3.68. The van der Waals surface area contributed by atoms with Crippen LogP contribution in [0, 0.1) is 6.92 Å². The first-order chi connectivity index (χ1) is 13.5. The van der Waals surface area contributed by atoms with Gasteiger partial charge in [0.15, 0.2) is 0 Å². The fourth-order valence-corrected chi connectivity index (χ4v) is 4.78. The fourth-order valence-electron chi connectivity index (χ4n) is 3.20. The second kappa shape index (κ2) is 8.70. The maximum absolute atomic E-state index is 13.5. The van der Waals surface area contributed by atoms with E-state index in [4.69, 9.17) is 0 Å². The molecule has 0 bridgehead atoms. The molecule has 0 saturated carbocycles. The summed E-state index contributed by atoms with van der Waals surface area (Å²) in [5.41, 5.74) is 2.50. The van der Waals surface area contributed by atoms with Gasteiger partial charge >= 0.3 is 0 Å². The third-order valence-corrected chi connectivity index (χ3v) is 6.73. The van der Waals surface area contributed by atoms with E-state index in [1.54, 1.807) is 24.0 Å². The van der Waals surface area contributed by atoms with Crippen LogP contribution in [-0.4, -0.2) is 38.8 Å². The second-order valence-electron chi connectivity index (χ2n) is 6.65. The molecule has 3 rings (SSSR count). The van der Waals surface area contributed by atoms with E-state index in [9.17, 15) is 8.42 Å². The zero-order chi connectivity index (χ0) is 20.1. The van der Waals surface area contributed by atoms with E-state index in [2.05, 4.69) is 10.2 Å². The van der Waals surface area contributed by atoms with Crippen LogP contribution in [0.5, 0.6) is 0 Å². The summed E-state index contributed by atoms with van der Waals surface area (Å²) in [6.07, 6.45) is 3.97. The Hall–Kier alpha value is -2.45. The van der Waals surface area contributed by atoms with Gasteiger partial charge in [-0.25, -0.2) is 8.42 Å². The van der Waals surface area contributed by atoms with Crippen molar-refractivity contribution in [1.82, 2.24) is 23.9 Å². The third-order valence-electron chi connectivity index (χ3n) is 4.78. The van der Waals surface area contributed by atoms with Crippen LogP contribution >= 0.6 is 0 Å². The lowest BCUT2D eigenvalue weighted by molar-refractivity contribution is 0.394. The van der Waals surface area contributed by atoms with Crippen LogP contribution in [0.1, 0.15) is 30.8 Å². The van der Waals surface area contributed by atoms with Gasteiger partial charge in [0.25, 0.3) is 0 Å². The van der Waals surface area contributed by atoms with E-state index in [1.807, 2.05) is 54.9 Å². The van der Waals surface area contributed by atoms with Crippen molar-refractivity contribution in [2.24, 2.45) is 0 Å². The monoisotopic (exact) mass is 401 g/mol. The standard InChI is InChI=1S/C20H27N5O2S/c1-4-23-16-20(17(3)22-23)28(26,27)24(14-12-18-9-7-6-8-10-18)15-19-11-13-21-25(19)5-2/h6-11,13,16H,4-5,12,14-15H2,1-3H3. The summed E-state index contributed by atoms with van der Waals surface area (Å²) in [4.78, 5) is 0.268. The molecule has 0 aliphatic carbocycles. The second-order valence-corrected chi connectivity index (χ2v) is 8.55. The highest BCUT2D eigenvalue weighted by atomic mass is 32.2. The summed E-state index contributed by atoms with van der Waals surface area (Å²) in [5.74, 6) is 0. The zero-order valence-electron chi connectivity index (χ0n) is 16.6. The largest absolute Gasteiger partial charge is 0.271 e. The van der Waals surface area contributed by atoms with Gasteiger partial charge in [0, 0.05) is 32.0 Å². The van der Waals surface area contributed by atoms with Gasteiger partial charge in [0.1, 0.15) is 4.90 Å². The number of aryl methyl sites for hydroxylation is 3. The lowest BCUT2D eigenvalue weighted by Gasteiger charge is -2.22. The van der Waals surface area contributed by atoms with Crippen molar-refractivity contribution in [2.45, 2.75) is 51.7 Å². The minimum absolute atomic E-state index is 0.268. The smallest absolute Gasteiger partial charge is 0.246 e. The highest BCUT2D eigenvalue weighted by Gasteiger charge is 2.29. The van der Waals surface area contributed by atoms with E-state index in [-0.39, 0.29) is 11.4 Å². The summed E-state index contributed by atoms with van der Waals surface area (Å²) in [7, 11) is -3.68. The molecule has 0 fully saturated rings. The molecular weight excluding hydrogens is 374 g/mol. The molecule has 0 N–H and O–H groups in total. The first-order valence-electron chi connectivity index (χ1n) is 9.54.